The fraction of sp³-hybridized carbons (Fsp3) is 0.882. The lowest BCUT2D eigenvalue weighted by Crippen LogP contribution is -2.61. The van der Waals surface area contributed by atoms with Crippen molar-refractivity contribution in [2.75, 3.05) is 31.1 Å². The van der Waals surface area contributed by atoms with E-state index in [1.807, 2.05) is 30.5 Å². The number of nitrogens with zero attached hydrogens (tertiary/aromatic N) is 1. The predicted molar refractivity (Wildman–Crippen MR) is 95.6 cm³/mol. The van der Waals surface area contributed by atoms with Gasteiger partial charge in [-0.3, -0.25) is 9.59 Å². The smallest absolute Gasteiger partial charge is 0.248 e. The van der Waals surface area contributed by atoms with E-state index in [2.05, 4.69) is 10.6 Å². The first-order valence-electron chi connectivity index (χ1n) is 9.03. The lowest BCUT2D eigenvalue weighted by molar-refractivity contribution is -0.143. The summed E-state index contributed by atoms with van der Waals surface area (Å²) in [5.41, 5.74) is -0.664. The van der Waals surface area contributed by atoms with Crippen molar-refractivity contribution in [3.8, 4) is 0 Å². The Labute approximate surface area is 144 Å². The van der Waals surface area contributed by atoms with Crippen LogP contribution in [0.1, 0.15) is 52.4 Å². The van der Waals surface area contributed by atoms with Crippen LogP contribution in [0.3, 0.4) is 0 Å². The number of carbonyl (C=O) groups excluding carboxylic acids is 2. The molecule has 5 nitrogen and oxygen atoms in total. The number of thioether (sulfide) groups is 1. The van der Waals surface area contributed by atoms with Gasteiger partial charge >= 0.3 is 0 Å². The lowest BCUT2D eigenvalue weighted by Gasteiger charge is -2.40. The Morgan fingerprint density at radius 3 is 2.48 bits per heavy atom. The third-order valence-electron chi connectivity index (χ3n) is 4.98. The van der Waals surface area contributed by atoms with Crippen LogP contribution < -0.4 is 10.6 Å². The third-order valence-corrected chi connectivity index (χ3v) is 6.11. The van der Waals surface area contributed by atoms with Gasteiger partial charge in [0.1, 0.15) is 5.54 Å². The number of carbonyl (C=O) groups is 2. The minimum atomic E-state index is -0.664. The van der Waals surface area contributed by atoms with Crippen molar-refractivity contribution in [3.63, 3.8) is 0 Å². The number of likely N-dealkylation sites (N-methyl/N-ethyl adjacent to an activating group) is 1. The van der Waals surface area contributed by atoms with E-state index in [-0.39, 0.29) is 17.9 Å². The zero-order valence-electron chi connectivity index (χ0n) is 14.5. The molecule has 0 aromatic heterocycles. The maximum absolute atomic E-state index is 13.0. The first-order chi connectivity index (χ1) is 11.1. The van der Waals surface area contributed by atoms with Crippen molar-refractivity contribution >= 4 is 23.6 Å². The van der Waals surface area contributed by atoms with E-state index in [9.17, 15) is 9.59 Å². The van der Waals surface area contributed by atoms with Crippen molar-refractivity contribution in [1.82, 2.24) is 15.5 Å². The van der Waals surface area contributed by atoms with Crippen LogP contribution in [0.5, 0.6) is 0 Å². The molecule has 0 aromatic carbocycles. The van der Waals surface area contributed by atoms with Gasteiger partial charge in [-0.15, -0.1) is 0 Å². The van der Waals surface area contributed by atoms with Gasteiger partial charge in [-0.1, -0.05) is 19.3 Å². The zero-order valence-corrected chi connectivity index (χ0v) is 15.3. The normalized spacial score (nSPS) is 24.0. The number of nitrogens with one attached hydrogen (secondary N) is 2. The van der Waals surface area contributed by atoms with Crippen LogP contribution in [0.2, 0.25) is 0 Å². The summed E-state index contributed by atoms with van der Waals surface area (Å²) in [4.78, 5) is 27.4. The SMILES string of the molecule is CCN(CC)C(=O)C1(NC(=O)CC2CSCCN2)CCCCC1. The van der Waals surface area contributed by atoms with Crippen LogP contribution in [0.4, 0.5) is 0 Å². The summed E-state index contributed by atoms with van der Waals surface area (Å²) in [5, 5.41) is 6.55. The molecule has 6 heteroatoms. The van der Waals surface area contributed by atoms with Crippen LogP contribution >= 0.6 is 11.8 Å². The molecule has 1 saturated carbocycles. The van der Waals surface area contributed by atoms with Crippen molar-refractivity contribution in [3.05, 3.63) is 0 Å². The highest BCUT2D eigenvalue weighted by Crippen LogP contribution is 2.30. The highest BCUT2D eigenvalue weighted by atomic mass is 32.2. The van der Waals surface area contributed by atoms with E-state index in [0.717, 1.165) is 50.2 Å². The highest BCUT2D eigenvalue weighted by molar-refractivity contribution is 7.99. The van der Waals surface area contributed by atoms with Gasteiger partial charge in [0.2, 0.25) is 11.8 Å². The number of hydrogen-bond donors (Lipinski definition) is 2. The van der Waals surface area contributed by atoms with Gasteiger partial charge in [-0.2, -0.15) is 11.8 Å². The molecule has 23 heavy (non-hydrogen) atoms. The summed E-state index contributed by atoms with van der Waals surface area (Å²) < 4.78 is 0. The standard InChI is InChI=1S/C17H31N3O2S/c1-3-20(4-2)16(22)17(8-6-5-7-9-17)19-15(21)12-14-13-23-11-10-18-14/h14,18H,3-13H2,1-2H3,(H,19,21). The van der Waals surface area contributed by atoms with E-state index in [0.29, 0.717) is 19.5 Å². The van der Waals surface area contributed by atoms with Crippen LogP contribution in [-0.4, -0.2) is 59.4 Å². The van der Waals surface area contributed by atoms with E-state index in [4.69, 9.17) is 0 Å². The van der Waals surface area contributed by atoms with Crippen molar-refractivity contribution < 1.29 is 9.59 Å². The fourth-order valence-electron chi connectivity index (χ4n) is 3.65. The Hall–Kier alpha value is -0.750. The predicted octanol–water partition coefficient (Wildman–Crippen LogP) is 1.77. The Morgan fingerprint density at radius 1 is 1.22 bits per heavy atom. The van der Waals surface area contributed by atoms with Crippen LogP contribution in [0.25, 0.3) is 0 Å². The van der Waals surface area contributed by atoms with Gasteiger partial charge < -0.3 is 15.5 Å². The van der Waals surface area contributed by atoms with Gasteiger partial charge in [0.15, 0.2) is 0 Å². The summed E-state index contributed by atoms with van der Waals surface area (Å²) in [7, 11) is 0. The lowest BCUT2D eigenvalue weighted by atomic mass is 9.80. The average molecular weight is 342 g/mol. The second kappa shape index (κ2) is 8.92. The highest BCUT2D eigenvalue weighted by Gasteiger charge is 2.42. The first-order valence-corrected chi connectivity index (χ1v) is 10.2. The van der Waals surface area contributed by atoms with Crippen molar-refractivity contribution in [2.24, 2.45) is 0 Å². The third kappa shape index (κ3) is 4.86. The van der Waals surface area contributed by atoms with E-state index in [1.54, 1.807) is 0 Å². The Balaban J connectivity index is 2.02. The Bertz CT molecular complexity index is 401. The van der Waals surface area contributed by atoms with Gasteiger partial charge in [0.25, 0.3) is 0 Å². The number of hydrogen-bond acceptors (Lipinski definition) is 4. The van der Waals surface area contributed by atoms with Crippen molar-refractivity contribution in [1.29, 1.82) is 0 Å². The van der Waals surface area contributed by atoms with E-state index < -0.39 is 5.54 Å². The Morgan fingerprint density at radius 2 is 1.91 bits per heavy atom. The minimum absolute atomic E-state index is 0.0207. The molecule has 1 saturated heterocycles. The molecule has 0 spiro atoms. The molecule has 1 heterocycles. The molecule has 2 aliphatic rings. The quantitative estimate of drug-likeness (QED) is 0.773. The zero-order chi connectivity index (χ0) is 16.7. The largest absolute Gasteiger partial charge is 0.342 e. The van der Waals surface area contributed by atoms with E-state index in [1.165, 1.54) is 0 Å². The minimum Gasteiger partial charge on any atom is -0.342 e. The summed E-state index contributed by atoms with van der Waals surface area (Å²) in [6.45, 7) is 6.37. The molecular formula is C17H31N3O2S. The van der Waals surface area contributed by atoms with Crippen LogP contribution in [-0.2, 0) is 9.59 Å². The van der Waals surface area contributed by atoms with Gasteiger partial charge in [0, 0.05) is 43.6 Å². The molecule has 132 valence electrons. The number of amides is 2. The van der Waals surface area contributed by atoms with Gasteiger partial charge in [0.05, 0.1) is 0 Å². The molecule has 1 aliphatic heterocycles. The monoisotopic (exact) mass is 341 g/mol. The summed E-state index contributed by atoms with van der Waals surface area (Å²) >= 11 is 1.89. The summed E-state index contributed by atoms with van der Waals surface area (Å²) in [6.07, 6.45) is 5.22. The molecule has 2 amide bonds. The molecule has 0 bridgehead atoms. The van der Waals surface area contributed by atoms with Crippen molar-refractivity contribution in [2.45, 2.75) is 64.0 Å². The molecule has 1 unspecified atom stereocenters. The summed E-state index contributed by atoms with van der Waals surface area (Å²) in [6, 6.07) is 0.234. The molecule has 1 atom stereocenters. The molecular weight excluding hydrogens is 310 g/mol. The molecule has 2 rings (SSSR count). The van der Waals surface area contributed by atoms with Gasteiger partial charge in [-0.05, 0) is 26.7 Å². The maximum Gasteiger partial charge on any atom is 0.248 e. The van der Waals surface area contributed by atoms with Crippen LogP contribution in [0.15, 0.2) is 0 Å². The van der Waals surface area contributed by atoms with Crippen LogP contribution in [0, 0.1) is 0 Å². The molecule has 0 aromatic rings. The Kier molecular flexibility index (Phi) is 7.21. The molecule has 2 fully saturated rings. The fourth-order valence-corrected chi connectivity index (χ4v) is 4.60. The molecule has 2 N–H and O–H groups in total. The van der Waals surface area contributed by atoms with E-state index >= 15 is 0 Å². The number of rotatable bonds is 6. The molecule has 0 radical (unpaired) electrons. The maximum atomic E-state index is 13.0. The first kappa shape index (κ1) is 18.6. The topological polar surface area (TPSA) is 61.4 Å². The van der Waals surface area contributed by atoms with Gasteiger partial charge in [-0.25, -0.2) is 0 Å². The second-order valence-electron chi connectivity index (χ2n) is 6.60. The molecule has 1 aliphatic carbocycles. The average Bonchev–Trinajstić information content (AvgIpc) is 2.57. The second-order valence-corrected chi connectivity index (χ2v) is 7.75. The summed E-state index contributed by atoms with van der Waals surface area (Å²) in [5.74, 6) is 2.22.